The first-order valence-corrected chi connectivity index (χ1v) is 11.0. The van der Waals surface area contributed by atoms with E-state index in [0.29, 0.717) is 26.5 Å². The highest BCUT2D eigenvalue weighted by molar-refractivity contribution is 8.18. The summed E-state index contributed by atoms with van der Waals surface area (Å²) in [4.78, 5) is 17.5. The standard InChI is InChI=1S/C24H27ClN2O2S/c1-23(2,3)15-11-14(12-16(20(15)28)24(4,5)6)13-19-21(29)27-22(30-19)26-18-10-8-7-9-17(18)25/h7-13,28H,1-6H3,(H,26,27,29). The van der Waals surface area contributed by atoms with Crippen LogP contribution in [0, 0.1) is 0 Å². The normalized spacial score (nSPS) is 17.6. The largest absolute Gasteiger partial charge is 0.507 e. The first-order chi connectivity index (χ1) is 13.9. The Morgan fingerprint density at radius 1 is 1.03 bits per heavy atom. The Morgan fingerprint density at radius 2 is 1.60 bits per heavy atom. The molecule has 158 valence electrons. The van der Waals surface area contributed by atoms with Crippen LogP contribution in [0.5, 0.6) is 5.75 Å². The Kier molecular flexibility index (Phi) is 6.08. The fraction of sp³-hybridized carbons (Fsp3) is 0.333. The second-order valence-electron chi connectivity index (χ2n) is 9.40. The lowest BCUT2D eigenvalue weighted by Crippen LogP contribution is -2.19. The maximum atomic E-state index is 12.5. The molecule has 1 saturated heterocycles. The highest BCUT2D eigenvalue weighted by atomic mass is 35.5. The van der Waals surface area contributed by atoms with Crippen molar-refractivity contribution < 1.29 is 9.90 Å². The molecule has 2 aromatic rings. The van der Waals surface area contributed by atoms with Gasteiger partial charge in [-0.1, -0.05) is 65.3 Å². The summed E-state index contributed by atoms with van der Waals surface area (Å²) in [7, 11) is 0. The third-order valence-corrected chi connectivity index (χ3v) is 6.00. The lowest BCUT2D eigenvalue weighted by Gasteiger charge is -2.28. The molecule has 0 spiro atoms. The quantitative estimate of drug-likeness (QED) is 0.519. The number of nitrogens with zero attached hydrogens (tertiary/aromatic N) is 1. The number of aromatic hydroxyl groups is 1. The molecule has 0 aromatic heterocycles. The zero-order chi connectivity index (χ0) is 22.3. The number of halogens is 1. The van der Waals surface area contributed by atoms with Gasteiger partial charge in [-0.15, -0.1) is 0 Å². The summed E-state index contributed by atoms with van der Waals surface area (Å²) in [5.74, 6) is 0.121. The molecule has 1 amide bonds. The van der Waals surface area contributed by atoms with Crippen LogP contribution in [0.1, 0.15) is 58.2 Å². The predicted molar refractivity (Wildman–Crippen MR) is 128 cm³/mol. The minimum atomic E-state index is -0.236. The third-order valence-electron chi connectivity index (χ3n) is 4.77. The van der Waals surface area contributed by atoms with Gasteiger partial charge in [-0.05, 0) is 58.5 Å². The molecule has 0 atom stereocenters. The van der Waals surface area contributed by atoms with Crippen LogP contribution >= 0.6 is 23.4 Å². The van der Waals surface area contributed by atoms with Gasteiger partial charge in [-0.2, -0.15) is 0 Å². The molecule has 0 radical (unpaired) electrons. The molecule has 0 bridgehead atoms. The van der Waals surface area contributed by atoms with Gasteiger partial charge in [0, 0.05) is 11.1 Å². The van der Waals surface area contributed by atoms with E-state index in [9.17, 15) is 9.90 Å². The van der Waals surface area contributed by atoms with Gasteiger partial charge in [0.15, 0.2) is 5.17 Å². The van der Waals surface area contributed by atoms with Gasteiger partial charge in [0.25, 0.3) is 5.91 Å². The number of phenols is 1. The summed E-state index contributed by atoms with van der Waals surface area (Å²) in [6.07, 6.45) is 1.85. The monoisotopic (exact) mass is 442 g/mol. The molecule has 30 heavy (non-hydrogen) atoms. The van der Waals surface area contributed by atoms with E-state index in [2.05, 4.69) is 51.9 Å². The summed E-state index contributed by atoms with van der Waals surface area (Å²) < 4.78 is 0. The molecule has 0 unspecified atom stereocenters. The topological polar surface area (TPSA) is 61.7 Å². The first-order valence-electron chi connectivity index (χ1n) is 9.78. The van der Waals surface area contributed by atoms with E-state index in [4.69, 9.17) is 11.6 Å². The van der Waals surface area contributed by atoms with Gasteiger partial charge in [0.05, 0.1) is 15.6 Å². The highest BCUT2D eigenvalue weighted by Crippen LogP contribution is 2.41. The minimum absolute atomic E-state index is 0.200. The summed E-state index contributed by atoms with van der Waals surface area (Å²) in [6, 6.07) is 11.2. The van der Waals surface area contributed by atoms with E-state index in [1.807, 2.05) is 30.3 Å². The molecule has 1 fully saturated rings. The van der Waals surface area contributed by atoms with Gasteiger partial charge < -0.3 is 10.4 Å². The number of thioether (sulfide) groups is 1. The van der Waals surface area contributed by atoms with Crippen LogP contribution in [0.3, 0.4) is 0 Å². The number of nitrogens with one attached hydrogen (secondary N) is 1. The van der Waals surface area contributed by atoms with Crippen LogP contribution in [0.25, 0.3) is 6.08 Å². The fourth-order valence-corrected chi connectivity index (χ4v) is 4.18. The Morgan fingerprint density at radius 3 is 2.13 bits per heavy atom. The van der Waals surface area contributed by atoms with E-state index in [-0.39, 0.29) is 16.7 Å². The zero-order valence-corrected chi connectivity index (χ0v) is 19.7. The molecule has 6 heteroatoms. The van der Waals surface area contributed by atoms with Gasteiger partial charge >= 0.3 is 0 Å². The number of hydrogen-bond acceptors (Lipinski definition) is 4. The average Bonchev–Trinajstić information content (AvgIpc) is 2.95. The number of para-hydroxylation sites is 1. The summed E-state index contributed by atoms with van der Waals surface area (Å²) in [6.45, 7) is 12.4. The van der Waals surface area contributed by atoms with Gasteiger partial charge in [0.1, 0.15) is 5.75 Å². The van der Waals surface area contributed by atoms with Gasteiger partial charge in [-0.25, -0.2) is 4.99 Å². The van der Waals surface area contributed by atoms with E-state index in [1.165, 1.54) is 11.8 Å². The third kappa shape index (κ3) is 4.90. The molecule has 1 heterocycles. The Bertz CT molecular complexity index is 1020. The SMILES string of the molecule is CC(C)(C)c1cc(C=C2SC(=Nc3ccccc3Cl)NC2=O)cc(C(C)(C)C)c1O. The number of carbonyl (C=O) groups excluding carboxylic acids is 1. The van der Waals surface area contributed by atoms with Crippen molar-refractivity contribution in [3.05, 3.63) is 63.0 Å². The van der Waals surface area contributed by atoms with E-state index in [0.717, 1.165) is 16.7 Å². The van der Waals surface area contributed by atoms with Crippen LogP contribution in [-0.2, 0) is 15.6 Å². The molecular formula is C24H27ClN2O2S. The molecule has 3 rings (SSSR count). The number of amides is 1. The van der Waals surface area contributed by atoms with Crippen molar-refractivity contribution in [3.8, 4) is 5.75 Å². The van der Waals surface area contributed by atoms with Gasteiger partial charge in [-0.3, -0.25) is 4.79 Å². The summed E-state index contributed by atoms with van der Waals surface area (Å²) in [5, 5.41) is 14.7. The molecule has 4 nitrogen and oxygen atoms in total. The maximum absolute atomic E-state index is 12.5. The molecule has 2 N–H and O–H groups in total. The number of carbonyl (C=O) groups is 1. The van der Waals surface area contributed by atoms with Crippen LogP contribution in [0.4, 0.5) is 5.69 Å². The average molecular weight is 443 g/mol. The Hall–Kier alpha value is -2.24. The van der Waals surface area contributed by atoms with E-state index < -0.39 is 0 Å². The molecule has 1 aliphatic heterocycles. The summed E-state index contributed by atoms with van der Waals surface area (Å²) in [5.41, 5.74) is 2.73. The number of phenolic OH excluding ortho intramolecular Hbond substituents is 1. The summed E-state index contributed by atoms with van der Waals surface area (Å²) >= 11 is 7.45. The Labute approximate surface area is 187 Å². The van der Waals surface area contributed by atoms with Crippen molar-refractivity contribution in [2.24, 2.45) is 4.99 Å². The molecule has 2 aromatic carbocycles. The lowest BCUT2D eigenvalue weighted by molar-refractivity contribution is -0.115. The van der Waals surface area contributed by atoms with Crippen LogP contribution in [0.2, 0.25) is 5.02 Å². The van der Waals surface area contributed by atoms with Crippen molar-refractivity contribution in [1.29, 1.82) is 0 Å². The van der Waals surface area contributed by atoms with Crippen molar-refractivity contribution >= 4 is 46.2 Å². The van der Waals surface area contributed by atoms with Crippen molar-refractivity contribution in [2.75, 3.05) is 0 Å². The highest BCUT2D eigenvalue weighted by Gasteiger charge is 2.28. The van der Waals surface area contributed by atoms with Crippen LogP contribution < -0.4 is 5.32 Å². The second-order valence-corrected chi connectivity index (χ2v) is 10.8. The minimum Gasteiger partial charge on any atom is -0.507 e. The number of rotatable bonds is 2. The molecule has 0 aliphatic carbocycles. The van der Waals surface area contributed by atoms with Crippen LogP contribution in [-0.4, -0.2) is 16.2 Å². The lowest BCUT2D eigenvalue weighted by atomic mass is 9.78. The smallest absolute Gasteiger partial charge is 0.264 e. The number of aliphatic imine (C=N–C) groups is 1. The fourth-order valence-electron chi connectivity index (χ4n) is 3.17. The molecule has 0 saturated carbocycles. The number of benzene rings is 2. The van der Waals surface area contributed by atoms with Crippen molar-refractivity contribution in [3.63, 3.8) is 0 Å². The first kappa shape index (κ1) is 22.4. The number of hydrogen-bond donors (Lipinski definition) is 2. The van der Waals surface area contributed by atoms with Crippen molar-refractivity contribution in [2.45, 2.75) is 52.4 Å². The molecular weight excluding hydrogens is 416 g/mol. The van der Waals surface area contributed by atoms with E-state index in [1.54, 1.807) is 12.1 Å². The van der Waals surface area contributed by atoms with Crippen molar-refractivity contribution in [1.82, 2.24) is 5.32 Å². The maximum Gasteiger partial charge on any atom is 0.264 e. The zero-order valence-electron chi connectivity index (χ0n) is 18.1. The Balaban J connectivity index is 2.02. The second kappa shape index (κ2) is 8.12. The molecule has 1 aliphatic rings. The van der Waals surface area contributed by atoms with E-state index >= 15 is 0 Å². The van der Waals surface area contributed by atoms with Gasteiger partial charge in [0.2, 0.25) is 0 Å². The predicted octanol–water partition coefficient (Wildman–Crippen LogP) is 6.53. The number of amidine groups is 1. The van der Waals surface area contributed by atoms with Crippen LogP contribution in [0.15, 0.2) is 46.3 Å².